The van der Waals surface area contributed by atoms with Crippen molar-refractivity contribution in [3.8, 4) is 0 Å². The van der Waals surface area contributed by atoms with E-state index in [0.29, 0.717) is 12.8 Å². The highest BCUT2D eigenvalue weighted by atomic mass is 28.4. The Kier molecular flexibility index (Phi) is 8.13. The first-order valence-corrected chi connectivity index (χ1v) is 9.94. The summed E-state index contributed by atoms with van der Waals surface area (Å²) < 4.78 is 50.8. The molecule has 22 heavy (non-hydrogen) atoms. The zero-order valence-electron chi connectivity index (χ0n) is 13.6. The third-order valence-corrected chi connectivity index (χ3v) is 7.80. The van der Waals surface area contributed by atoms with E-state index in [-0.39, 0.29) is 5.56 Å². The predicted molar refractivity (Wildman–Crippen MR) is 83.5 cm³/mol. The molecule has 0 radical (unpaired) electrons. The van der Waals surface area contributed by atoms with Crippen LogP contribution in [-0.2, 0) is 15.3 Å². The van der Waals surface area contributed by atoms with Crippen LogP contribution in [0, 0.1) is 17.5 Å². The molecule has 0 saturated carbocycles. The van der Waals surface area contributed by atoms with Crippen LogP contribution in [0.15, 0.2) is 12.1 Å². The van der Waals surface area contributed by atoms with Gasteiger partial charge in [-0.25, -0.2) is 13.2 Å². The first kappa shape index (κ1) is 19.2. The molecule has 0 aliphatic heterocycles. The molecule has 126 valence electrons. The molecular weight excluding hydrogens is 309 g/mol. The first-order valence-electron chi connectivity index (χ1n) is 7.71. The second kappa shape index (κ2) is 9.32. The standard InChI is InChI=1S/C16H25F3O2Si/c1-4-22(20-2,21-3)10-8-6-5-7-9-14-15(18)11-13(17)12-16(14)19/h11-12H,4-10H2,1-3H3. The summed E-state index contributed by atoms with van der Waals surface area (Å²) in [4.78, 5) is 0. The number of hydrogen-bond acceptors (Lipinski definition) is 2. The van der Waals surface area contributed by atoms with Gasteiger partial charge in [-0.15, -0.1) is 0 Å². The molecule has 0 fully saturated rings. The molecule has 0 saturated heterocycles. The Labute approximate surface area is 131 Å². The molecular formula is C16H25F3O2Si. The lowest BCUT2D eigenvalue weighted by Crippen LogP contribution is -2.38. The number of benzene rings is 1. The minimum Gasteiger partial charge on any atom is -0.398 e. The van der Waals surface area contributed by atoms with Crippen molar-refractivity contribution in [3.05, 3.63) is 35.1 Å². The van der Waals surface area contributed by atoms with Crippen molar-refractivity contribution in [1.82, 2.24) is 0 Å². The fourth-order valence-corrected chi connectivity index (χ4v) is 4.91. The Morgan fingerprint density at radius 2 is 1.45 bits per heavy atom. The highest BCUT2D eigenvalue weighted by Gasteiger charge is 2.32. The van der Waals surface area contributed by atoms with Gasteiger partial charge in [0.1, 0.15) is 17.5 Å². The second-order valence-corrected chi connectivity index (χ2v) is 9.28. The number of unbranched alkanes of at least 4 members (excludes halogenated alkanes) is 3. The third-order valence-electron chi connectivity index (χ3n) is 4.12. The quantitative estimate of drug-likeness (QED) is 0.445. The molecule has 6 heteroatoms. The van der Waals surface area contributed by atoms with Crippen LogP contribution in [0.3, 0.4) is 0 Å². The number of hydrogen-bond donors (Lipinski definition) is 0. The monoisotopic (exact) mass is 334 g/mol. The van der Waals surface area contributed by atoms with Crippen molar-refractivity contribution in [2.24, 2.45) is 0 Å². The van der Waals surface area contributed by atoms with Gasteiger partial charge in [-0.1, -0.05) is 26.2 Å². The Morgan fingerprint density at radius 3 is 1.95 bits per heavy atom. The molecule has 0 atom stereocenters. The normalized spacial score (nSPS) is 11.9. The summed E-state index contributed by atoms with van der Waals surface area (Å²) in [5.74, 6) is -2.47. The molecule has 0 aliphatic carbocycles. The van der Waals surface area contributed by atoms with Crippen molar-refractivity contribution < 1.29 is 22.0 Å². The number of rotatable bonds is 10. The summed E-state index contributed by atoms with van der Waals surface area (Å²) in [5, 5.41) is 0. The zero-order valence-corrected chi connectivity index (χ0v) is 14.6. The first-order chi connectivity index (χ1) is 10.5. The lowest BCUT2D eigenvalue weighted by molar-refractivity contribution is 0.241. The average Bonchev–Trinajstić information content (AvgIpc) is 2.49. The van der Waals surface area contributed by atoms with Gasteiger partial charge in [0.2, 0.25) is 0 Å². The Balaban J connectivity index is 2.32. The van der Waals surface area contributed by atoms with E-state index in [2.05, 4.69) is 6.92 Å². The lowest BCUT2D eigenvalue weighted by atomic mass is 10.1. The van der Waals surface area contributed by atoms with Crippen molar-refractivity contribution in [1.29, 1.82) is 0 Å². The van der Waals surface area contributed by atoms with E-state index in [1.807, 2.05) is 0 Å². The van der Waals surface area contributed by atoms with Crippen LogP contribution in [0.5, 0.6) is 0 Å². The SMILES string of the molecule is CC[Si](CCCCCCc1c(F)cc(F)cc1F)(OC)OC. The van der Waals surface area contributed by atoms with E-state index in [1.54, 1.807) is 14.2 Å². The minimum atomic E-state index is -2.03. The van der Waals surface area contributed by atoms with Gasteiger partial charge in [0.05, 0.1) is 0 Å². The molecule has 0 aliphatic rings. The highest BCUT2D eigenvalue weighted by Crippen LogP contribution is 2.22. The van der Waals surface area contributed by atoms with E-state index >= 15 is 0 Å². The van der Waals surface area contributed by atoms with Gasteiger partial charge in [-0.3, -0.25) is 0 Å². The van der Waals surface area contributed by atoms with Gasteiger partial charge in [0.25, 0.3) is 0 Å². The highest BCUT2D eigenvalue weighted by molar-refractivity contribution is 6.67. The summed E-state index contributed by atoms with van der Waals surface area (Å²) in [6.45, 7) is 2.07. The summed E-state index contributed by atoms with van der Waals surface area (Å²) in [7, 11) is 1.36. The molecule has 1 aromatic carbocycles. The summed E-state index contributed by atoms with van der Waals surface area (Å²) in [6, 6.07) is 3.30. The van der Waals surface area contributed by atoms with E-state index in [0.717, 1.165) is 43.5 Å². The van der Waals surface area contributed by atoms with Crippen LogP contribution < -0.4 is 0 Å². The summed E-state index contributed by atoms with van der Waals surface area (Å²) in [5.41, 5.74) is -0.0209. The lowest BCUT2D eigenvalue weighted by Gasteiger charge is -2.25. The molecule has 0 heterocycles. The zero-order chi connectivity index (χ0) is 16.6. The average molecular weight is 334 g/mol. The van der Waals surface area contributed by atoms with Crippen LogP contribution in [0.4, 0.5) is 13.2 Å². The fraction of sp³-hybridized carbons (Fsp3) is 0.625. The van der Waals surface area contributed by atoms with Gasteiger partial charge in [0.15, 0.2) is 0 Å². The van der Waals surface area contributed by atoms with Crippen LogP contribution in [0.25, 0.3) is 0 Å². The maximum Gasteiger partial charge on any atom is 0.337 e. The Hall–Kier alpha value is -0.853. The van der Waals surface area contributed by atoms with Crippen LogP contribution >= 0.6 is 0 Å². The van der Waals surface area contributed by atoms with Crippen molar-refractivity contribution in [3.63, 3.8) is 0 Å². The van der Waals surface area contributed by atoms with Crippen molar-refractivity contribution >= 4 is 8.56 Å². The van der Waals surface area contributed by atoms with Gasteiger partial charge >= 0.3 is 8.56 Å². The van der Waals surface area contributed by atoms with Crippen LogP contribution in [0.1, 0.15) is 38.2 Å². The van der Waals surface area contributed by atoms with Crippen LogP contribution in [0.2, 0.25) is 12.1 Å². The molecule has 0 unspecified atom stereocenters. The summed E-state index contributed by atoms with van der Waals surface area (Å²) >= 11 is 0. The molecule has 0 N–H and O–H groups in total. The van der Waals surface area contributed by atoms with Crippen LogP contribution in [-0.4, -0.2) is 22.8 Å². The maximum absolute atomic E-state index is 13.5. The van der Waals surface area contributed by atoms with E-state index in [9.17, 15) is 13.2 Å². The molecule has 1 aromatic rings. The Morgan fingerprint density at radius 1 is 0.909 bits per heavy atom. The predicted octanol–water partition coefficient (Wildman–Crippen LogP) is 4.96. The molecule has 1 rings (SSSR count). The molecule has 2 nitrogen and oxygen atoms in total. The maximum atomic E-state index is 13.5. The molecule has 0 amide bonds. The smallest absolute Gasteiger partial charge is 0.337 e. The van der Waals surface area contributed by atoms with E-state index < -0.39 is 26.0 Å². The van der Waals surface area contributed by atoms with Gasteiger partial charge in [-0.05, 0) is 24.9 Å². The van der Waals surface area contributed by atoms with E-state index in [1.165, 1.54) is 0 Å². The second-order valence-electron chi connectivity index (χ2n) is 5.43. The van der Waals surface area contributed by atoms with Gasteiger partial charge in [0, 0.05) is 31.9 Å². The van der Waals surface area contributed by atoms with Gasteiger partial charge in [-0.2, -0.15) is 0 Å². The van der Waals surface area contributed by atoms with Crippen molar-refractivity contribution in [2.45, 2.75) is 51.1 Å². The molecule has 0 aromatic heterocycles. The van der Waals surface area contributed by atoms with Gasteiger partial charge < -0.3 is 8.85 Å². The van der Waals surface area contributed by atoms with Crippen molar-refractivity contribution in [2.75, 3.05) is 14.2 Å². The number of halogens is 3. The topological polar surface area (TPSA) is 18.5 Å². The molecule has 0 spiro atoms. The Bertz CT molecular complexity index is 433. The van der Waals surface area contributed by atoms with E-state index in [4.69, 9.17) is 8.85 Å². The summed E-state index contributed by atoms with van der Waals surface area (Å²) in [6.07, 6.45) is 3.79. The fourth-order valence-electron chi connectivity index (χ4n) is 2.61. The molecule has 0 bridgehead atoms. The third kappa shape index (κ3) is 5.41. The minimum absolute atomic E-state index is 0.0209. The largest absolute Gasteiger partial charge is 0.398 e.